The van der Waals surface area contributed by atoms with Gasteiger partial charge < -0.3 is 19.9 Å². The molecule has 3 rings (SSSR count). The number of nitrogens with one attached hydrogen (secondary N) is 1. The summed E-state index contributed by atoms with van der Waals surface area (Å²) in [5, 5.41) is 12.0. The van der Waals surface area contributed by atoms with E-state index in [1.54, 1.807) is 0 Å². The molecule has 0 saturated heterocycles. The van der Waals surface area contributed by atoms with Gasteiger partial charge in [-0.2, -0.15) is 0 Å². The Morgan fingerprint density at radius 2 is 1.87 bits per heavy atom. The summed E-state index contributed by atoms with van der Waals surface area (Å²) in [6.07, 6.45) is 2.65. The molecule has 0 radical (unpaired) electrons. The molecule has 1 aliphatic carbocycles. The zero-order chi connectivity index (χ0) is 16.2. The molecule has 2 N–H and O–H groups in total. The van der Waals surface area contributed by atoms with Gasteiger partial charge in [-0.3, -0.25) is 9.59 Å². The quantitative estimate of drug-likeness (QED) is 0.886. The van der Waals surface area contributed by atoms with Crippen molar-refractivity contribution in [1.82, 2.24) is 5.32 Å². The molecule has 1 aromatic carbocycles. The number of carbonyl (C=O) groups is 2. The first-order valence-electron chi connectivity index (χ1n) is 8.02. The van der Waals surface area contributed by atoms with Crippen LogP contribution < -0.4 is 14.8 Å². The lowest BCUT2D eigenvalue weighted by Gasteiger charge is -2.25. The monoisotopic (exact) mass is 319 g/mol. The zero-order valence-corrected chi connectivity index (χ0v) is 12.9. The molecule has 2 aliphatic rings. The van der Waals surface area contributed by atoms with Gasteiger partial charge in [0.05, 0.1) is 5.92 Å². The Balaban J connectivity index is 1.55. The number of carboxylic acid groups (broad SMARTS) is 1. The smallest absolute Gasteiger partial charge is 0.306 e. The highest BCUT2D eigenvalue weighted by Gasteiger charge is 2.30. The predicted octanol–water partition coefficient (Wildman–Crippen LogP) is 1.96. The van der Waals surface area contributed by atoms with Gasteiger partial charge in [-0.25, -0.2) is 0 Å². The molecular weight excluding hydrogens is 298 g/mol. The molecule has 1 saturated carbocycles. The van der Waals surface area contributed by atoms with E-state index in [4.69, 9.17) is 14.6 Å². The van der Waals surface area contributed by atoms with Crippen LogP contribution in [0.3, 0.4) is 0 Å². The second-order valence-electron chi connectivity index (χ2n) is 6.09. The Kier molecular flexibility index (Phi) is 4.69. The number of fused-ring (bicyclic) bond motifs is 1. The first-order chi connectivity index (χ1) is 11.1. The van der Waals surface area contributed by atoms with Crippen molar-refractivity contribution >= 4 is 11.9 Å². The highest BCUT2D eigenvalue weighted by atomic mass is 16.6. The molecule has 1 heterocycles. The van der Waals surface area contributed by atoms with Gasteiger partial charge >= 0.3 is 5.97 Å². The van der Waals surface area contributed by atoms with E-state index in [9.17, 15) is 9.59 Å². The molecule has 1 fully saturated rings. The molecule has 0 aromatic heterocycles. The third-order valence-electron chi connectivity index (χ3n) is 4.47. The summed E-state index contributed by atoms with van der Waals surface area (Å²) in [5.41, 5.74) is 0.938. The molecule has 6 heteroatoms. The van der Waals surface area contributed by atoms with E-state index in [1.807, 2.05) is 18.2 Å². The second-order valence-corrected chi connectivity index (χ2v) is 6.09. The number of rotatable bonds is 4. The number of carboxylic acids is 1. The molecule has 23 heavy (non-hydrogen) atoms. The van der Waals surface area contributed by atoms with E-state index in [0.717, 1.165) is 24.2 Å². The van der Waals surface area contributed by atoms with Gasteiger partial charge in [-0.05, 0) is 37.0 Å². The fraction of sp³-hybridized carbons (Fsp3) is 0.529. The Morgan fingerprint density at radius 1 is 1.13 bits per heavy atom. The number of benzene rings is 1. The summed E-state index contributed by atoms with van der Waals surface area (Å²) >= 11 is 0. The lowest BCUT2D eigenvalue weighted by atomic mass is 9.81. The summed E-state index contributed by atoms with van der Waals surface area (Å²) in [6, 6.07) is 5.61. The van der Waals surface area contributed by atoms with Gasteiger partial charge in [0.25, 0.3) is 0 Å². The minimum absolute atomic E-state index is 0.0640. The van der Waals surface area contributed by atoms with Gasteiger partial charge in [-0.1, -0.05) is 12.5 Å². The van der Waals surface area contributed by atoms with Crippen molar-refractivity contribution in [2.45, 2.75) is 32.2 Å². The molecule has 0 spiro atoms. The third-order valence-corrected chi connectivity index (χ3v) is 4.47. The van der Waals surface area contributed by atoms with Crippen LogP contribution in [0.4, 0.5) is 0 Å². The SMILES string of the molecule is O=C(O)C1CCCC(C(=O)NCc2ccc3c(c2)OCCO3)C1. The highest BCUT2D eigenvalue weighted by Crippen LogP contribution is 2.31. The van der Waals surface area contributed by atoms with Crippen LogP contribution in [0.2, 0.25) is 0 Å². The van der Waals surface area contributed by atoms with Crippen LogP contribution in [0.1, 0.15) is 31.2 Å². The molecule has 2 unspecified atom stereocenters. The summed E-state index contributed by atoms with van der Waals surface area (Å²) < 4.78 is 11.0. The van der Waals surface area contributed by atoms with E-state index in [-0.39, 0.29) is 11.8 Å². The topological polar surface area (TPSA) is 84.9 Å². The number of ether oxygens (including phenoxy) is 2. The van der Waals surface area contributed by atoms with E-state index >= 15 is 0 Å². The Bertz CT molecular complexity index is 601. The molecular formula is C17H21NO5. The number of hydrogen-bond donors (Lipinski definition) is 2. The van der Waals surface area contributed by atoms with Crippen LogP contribution in [-0.4, -0.2) is 30.2 Å². The van der Waals surface area contributed by atoms with Crippen molar-refractivity contribution < 1.29 is 24.2 Å². The largest absolute Gasteiger partial charge is 0.486 e. The van der Waals surface area contributed by atoms with Gasteiger partial charge in [0.1, 0.15) is 13.2 Å². The van der Waals surface area contributed by atoms with E-state index in [2.05, 4.69) is 5.32 Å². The molecule has 0 bridgehead atoms. The van der Waals surface area contributed by atoms with Crippen LogP contribution in [0.15, 0.2) is 18.2 Å². The maximum absolute atomic E-state index is 12.3. The Labute approximate surface area is 134 Å². The van der Waals surface area contributed by atoms with Gasteiger partial charge in [0, 0.05) is 12.5 Å². The standard InChI is InChI=1S/C17H21NO5/c19-16(12-2-1-3-13(9-12)17(20)21)18-10-11-4-5-14-15(8-11)23-7-6-22-14/h4-5,8,12-13H,1-3,6-7,9-10H2,(H,18,19)(H,20,21). The minimum atomic E-state index is -0.797. The normalized spacial score (nSPS) is 23.1. The van der Waals surface area contributed by atoms with Gasteiger partial charge in [-0.15, -0.1) is 0 Å². The molecule has 124 valence electrons. The third kappa shape index (κ3) is 3.75. The van der Waals surface area contributed by atoms with Gasteiger partial charge in [0.2, 0.25) is 5.91 Å². The highest BCUT2D eigenvalue weighted by molar-refractivity contribution is 5.80. The van der Waals surface area contributed by atoms with E-state index in [1.165, 1.54) is 0 Å². The van der Waals surface area contributed by atoms with E-state index < -0.39 is 11.9 Å². The van der Waals surface area contributed by atoms with Crippen LogP contribution in [-0.2, 0) is 16.1 Å². The van der Waals surface area contributed by atoms with Crippen molar-refractivity contribution in [1.29, 1.82) is 0 Å². The first-order valence-corrected chi connectivity index (χ1v) is 8.02. The van der Waals surface area contributed by atoms with Crippen LogP contribution in [0.5, 0.6) is 11.5 Å². The van der Waals surface area contributed by atoms with Crippen LogP contribution in [0, 0.1) is 11.8 Å². The summed E-state index contributed by atoms with van der Waals surface area (Å²) in [6.45, 7) is 1.49. The molecule has 1 amide bonds. The average molecular weight is 319 g/mol. The first kappa shape index (κ1) is 15.6. The Morgan fingerprint density at radius 3 is 2.65 bits per heavy atom. The number of hydrogen-bond acceptors (Lipinski definition) is 4. The fourth-order valence-electron chi connectivity index (χ4n) is 3.18. The number of aliphatic carboxylic acids is 1. The predicted molar refractivity (Wildman–Crippen MR) is 82.4 cm³/mol. The second kappa shape index (κ2) is 6.89. The summed E-state index contributed by atoms with van der Waals surface area (Å²) in [5.74, 6) is -0.0365. The fourth-order valence-corrected chi connectivity index (χ4v) is 3.18. The summed E-state index contributed by atoms with van der Waals surface area (Å²) in [4.78, 5) is 23.3. The van der Waals surface area contributed by atoms with Crippen molar-refractivity contribution in [2.24, 2.45) is 11.8 Å². The van der Waals surface area contributed by atoms with Crippen LogP contribution >= 0.6 is 0 Å². The van der Waals surface area contributed by atoms with Crippen molar-refractivity contribution in [3.05, 3.63) is 23.8 Å². The maximum atomic E-state index is 12.3. The molecule has 1 aliphatic heterocycles. The van der Waals surface area contributed by atoms with Crippen molar-refractivity contribution in [2.75, 3.05) is 13.2 Å². The molecule has 2 atom stereocenters. The average Bonchev–Trinajstić information content (AvgIpc) is 2.59. The van der Waals surface area contributed by atoms with E-state index in [0.29, 0.717) is 38.3 Å². The van der Waals surface area contributed by atoms with Crippen molar-refractivity contribution in [3.8, 4) is 11.5 Å². The number of carbonyl (C=O) groups excluding carboxylic acids is 1. The summed E-state index contributed by atoms with van der Waals surface area (Å²) in [7, 11) is 0. The minimum Gasteiger partial charge on any atom is -0.486 e. The zero-order valence-electron chi connectivity index (χ0n) is 12.9. The molecule has 1 aromatic rings. The lowest BCUT2D eigenvalue weighted by Crippen LogP contribution is -2.35. The Hall–Kier alpha value is -2.24. The van der Waals surface area contributed by atoms with Crippen LogP contribution in [0.25, 0.3) is 0 Å². The van der Waals surface area contributed by atoms with Crippen molar-refractivity contribution in [3.63, 3.8) is 0 Å². The van der Waals surface area contributed by atoms with Gasteiger partial charge in [0.15, 0.2) is 11.5 Å². The maximum Gasteiger partial charge on any atom is 0.306 e. The molecule has 6 nitrogen and oxygen atoms in total. The lowest BCUT2D eigenvalue weighted by molar-refractivity contribution is -0.144. The number of amides is 1.